The van der Waals surface area contributed by atoms with Gasteiger partial charge in [0.15, 0.2) is 0 Å². The molecule has 0 aliphatic heterocycles. The van der Waals surface area contributed by atoms with Crippen LogP contribution in [0.5, 0.6) is 0 Å². The highest BCUT2D eigenvalue weighted by Crippen LogP contribution is 2.28. The average molecular weight is 511 g/mol. The average Bonchev–Trinajstić information content (AvgIpc) is 2.77. The number of nitrogens with zero attached hydrogens (tertiary/aromatic N) is 3. The third-order valence-electron chi connectivity index (χ3n) is 5.25. The van der Waals surface area contributed by atoms with E-state index in [1.807, 2.05) is 0 Å². The van der Waals surface area contributed by atoms with Gasteiger partial charge in [-0.3, -0.25) is 24.0 Å². The minimum Gasteiger partial charge on any atom is -0.357 e. The van der Waals surface area contributed by atoms with Gasteiger partial charge in [-0.05, 0) is 36.6 Å². The molecule has 0 bridgehead atoms. The maximum absolute atomic E-state index is 13.5. The molecular formula is C22H27ClN4O6S. The van der Waals surface area contributed by atoms with Gasteiger partial charge in [-0.25, -0.2) is 8.42 Å². The summed E-state index contributed by atoms with van der Waals surface area (Å²) in [5.74, 6) is -1.04. The van der Waals surface area contributed by atoms with E-state index in [2.05, 4.69) is 5.32 Å². The number of nitrogens with one attached hydrogen (secondary N) is 1. The molecule has 0 radical (unpaired) electrons. The highest BCUT2D eigenvalue weighted by atomic mass is 35.5. The lowest BCUT2D eigenvalue weighted by Gasteiger charge is -2.32. The summed E-state index contributed by atoms with van der Waals surface area (Å²) in [6, 6.07) is 9.64. The molecule has 0 aliphatic rings. The number of hydrogen-bond donors (Lipinski definition) is 1. The molecule has 2 amide bonds. The fraction of sp³-hybridized carbons (Fsp3) is 0.364. The first kappa shape index (κ1) is 27.1. The summed E-state index contributed by atoms with van der Waals surface area (Å²) in [6.45, 7) is 2.73. The van der Waals surface area contributed by atoms with Crippen LogP contribution in [0.3, 0.4) is 0 Å². The monoisotopic (exact) mass is 510 g/mol. The normalized spacial score (nSPS) is 12.0. The first-order chi connectivity index (χ1) is 15.9. The van der Waals surface area contributed by atoms with Crippen LogP contribution in [-0.4, -0.2) is 55.9 Å². The molecule has 1 atom stereocenters. The Balaban J connectivity index is 2.51. The lowest BCUT2D eigenvalue weighted by atomic mass is 10.1. The van der Waals surface area contributed by atoms with E-state index in [9.17, 15) is 28.1 Å². The van der Waals surface area contributed by atoms with Gasteiger partial charge in [0.25, 0.3) is 5.69 Å². The van der Waals surface area contributed by atoms with Gasteiger partial charge in [0, 0.05) is 30.7 Å². The van der Waals surface area contributed by atoms with Gasteiger partial charge in [-0.2, -0.15) is 0 Å². The Labute approximate surface area is 203 Å². The van der Waals surface area contributed by atoms with Crippen molar-refractivity contribution in [1.82, 2.24) is 10.2 Å². The zero-order valence-electron chi connectivity index (χ0n) is 19.3. The molecule has 0 fully saturated rings. The van der Waals surface area contributed by atoms with Gasteiger partial charge in [0.05, 0.1) is 16.9 Å². The minimum absolute atomic E-state index is 0.0180. The van der Waals surface area contributed by atoms with Crippen molar-refractivity contribution < 1.29 is 22.9 Å². The van der Waals surface area contributed by atoms with Gasteiger partial charge in [-0.1, -0.05) is 36.7 Å². The summed E-state index contributed by atoms with van der Waals surface area (Å²) in [7, 11) is -2.55. The number of sulfonamides is 1. The van der Waals surface area contributed by atoms with Gasteiger partial charge in [0.1, 0.15) is 12.6 Å². The fourth-order valence-corrected chi connectivity index (χ4v) is 4.47. The van der Waals surface area contributed by atoms with Crippen molar-refractivity contribution in [3.05, 3.63) is 68.7 Å². The molecule has 0 saturated heterocycles. The van der Waals surface area contributed by atoms with Gasteiger partial charge >= 0.3 is 0 Å². The molecule has 184 valence electrons. The molecule has 0 unspecified atom stereocenters. The molecule has 2 aromatic carbocycles. The van der Waals surface area contributed by atoms with E-state index in [-0.39, 0.29) is 24.3 Å². The number of nitro benzene ring substituents is 1. The highest BCUT2D eigenvalue weighted by molar-refractivity contribution is 7.92. The van der Waals surface area contributed by atoms with Crippen molar-refractivity contribution in [2.45, 2.75) is 32.9 Å². The highest BCUT2D eigenvalue weighted by Gasteiger charge is 2.32. The number of anilines is 1. The molecule has 10 nitrogen and oxygen atoms in total. The fourth-order valence-electron chi connectivity index (χ4n) is 3.45. The SMILES string of the molecule is CC[C@H](C(=O)NC)N(Cc1ccc(Cl)cc1)C(=O)CN(c1cc([N+](=O)[O-])ccc1C)S(C)(=O)=O. The van der Waals surface area contributed by atoms with Crippen LogP contribution in [0.1, 0.15) is 24.5 Å². The maximum Gasteiger partial charge on any atom is 0.271 e. The third kappa shape index (κ3) is 6.67. The molecule has 0 saturated carbocycles. The van der Waals surface area contributed by atoms with Crippen molar-refractivity contribution in [2.75, 3.05) is 24.2 Å². The van der Waals surface area contributed by atoms with Gasteiger partial charge < -0.3 is 10.2 Å². The van der Waals surface area contributed by atoms with E-state index in [1.165, 1.54) is 24.1 Å². The Bertz CT molecular complexity index is 1170. The van der Waals surface area contributed by atoms with Crippen molar-refractivity contribution in [2.24, 2.45) is 0 Å². The van der Waals surface area contributed by atoms with Crippen LogP contribution in [-0.2, 0) is 26.2 Å². The molecule has 0 aliphatic carbocycles. The zero-order valence-corrected chi connectivity index (χ0v) is 20.9. The van der Waals surface area contributed by atoms with E-state index in [4.69, 9.17) is 11.6 Å². The summed E-state index contributed by atoms with van der Waals surface area (Å²) in [5, 5.41) is 14.3. The lowest BCUT2D eigenvalue weighted by molar-refractivity contribution is -0.384. The molecule has 1 N–H and O–H groups in total. The van der Waals surface area contributed by atoms with Crippen molar-refractivity contribution in [3.63, 3.8) is 0 Å². The topological polar surface area (TPSA) is 130 Å². The van der Waals surface area contributed by atoms with E-state index >= 15 is 0 Å². The number of hydrogen-bond acceptors (Lipinski definition) is 6. The molecule has 2 aromatic rings. The Morgan fingerprint density at radius 3 is 2.29 bits per heavy atom. The molecule has 12 heteroatoms. The molecule has 0 spiro atoms. The summed E-state index contributed by atoms with van der Waals surface area (Å²) in [4.78, 5) is 37.9. The number of amides is 2. The summed E-state index contributed by atoms with van der Waals surface area (Å²) >= 11 is 5.94. The number of aryl methyl sites for hydroxylation is 1. The molecule has 2 rings (SSSR count). The van der Waals surface area contributed by atoms with Crippen LogP contribution in [0, 0.1) is 17.0 Å². The predicted molar refractivity (Wildman–Crippen MR) is 130 cm³/mol. The smallest absolute Gasteiger partial charge is 0.271 e. The van der Waals surface area contributed by atoms with Crippen LogP contribution in [0.4, 0.5) is 11.4 Å². The largest absolute Gasteiger partial charge is 0.357 e. The Kier molecular flexibility index (Phi) is 9.00. The standard InChI is InChI=1S/C22H27ClN4O6S/c1-5-19(22(29)24-3)25(13-16-7-9-17(23)10-8-16)21(28)14-26(34(4,32)33)20-12-18(27(30)31)11-6-15(20)2/h6-12,19H,5,13-14H2,1-4H3,(H,24,29)/t19-/m1/s1. The van der Waals surface area contributed by atoms with Crippen LogP contribution in [0.15, 0.2) is 42.5 Å². The van der Waals surface area contributed by atoms with Crippen LogP contribution in [0.2, 0.25) is 5.02 Å². The second-order valence-corrected chi connectivity index (χ2v) is 10.0. The third-order valence-corrected chi connectivity index (χ3v) is 6.63. The summed E-state index contributed by atoms with van der Waals surface area (Å²) in [5.41, 5.74) is 0.838. The first-order valence-electron chi connectivity index (χ1n) is 10.4. The van der Waals surface area contributed by atoms with Crippen LogP contribution in [0.25, 0.3) is 0 Å². The Hall–Kier alpha value is -3.18. The van der Waals surface area contributed by atoms with Gasteiger partial charge in [0.2, 0.25) is 21.8 Å². The van der Waals surface area contributed by atoms with Crippen molar-refractivity contribution in [1.29, 1.82) is 0 Å². The van der Waals surface area contributed by atoms with Gasteiger partial charge in [-0.15, -0.1) is 0 Å². The van der Waals surface area contributed by atoms with Crippen LogP contribution < -0.4 is 9.62 Å². The Morgan fingerprint density at radius 2 is 1.79 bits per heavy atom. The van der Waals surface area contributed by atoms with E-state index in [0.29, 0.717) is 16.1 Å². The second-order valence-electron chi connectivity index (χ2n) is 7.68. The van der Waals surface area contributed by atoms with Crippen molar-refractivity contribution in [3.8, 4) is 0 Å². The van der Waals surface area contributed by atoms with Crippen molar-refractivity contribution >= 4 is 44.8 Å². The van der Waals surface area contributed by atoms with E-state index in [1.54, 1.807) is 38.1 Å². The molecular weight excluding hydrogens is 484 g/mol. The number of carbonyl (C=O) groups excluding carboxylic acids is 2. The number of non-ortho nitro benzene ring substituents is 1. The number of rotatable bonds is 10. The molecule has 34 heavy (non-hydrogen) atoms. The predicted octanol–water partition coefficient (Wildman–Crippen LogP) is 2.88. The van der Waals surface area contributed by atoms with Crippen LogP contribution >= 0.6 is 11.6 Å². The van der Waals surface area contributed by atoms with E-state index in [0.717, 1.165) is 16.6 Å². The quantitative estimate of drug-likeness (QED) is 0.386. The number of likely N-dealkylation sites (N-methyl/N-ethyl adjacent to an activating group) is 1. The zero-order chi connectivity index (χ0) is 25.6. The minimum atomic E-state index is -4.00. The maximum atomic E-state index is 13.5. The number of benzene rings is 2. The second kappa shape index (κ2) is 11.3. The first-order valence-corrected chi connectivity index (χ1v) is 12.6. The lowest BCUT2D eigenvalue weighted by Crippen LogP contribution is -2.51. The molecule has 0 heterocycles. The number of halogens is 1. The van der Waals surface area contributed by atoms with E-state index < -0.39 is 39.3 Å². The number of nitro groups is 1. The number of carbonyl (C=O) groups is 2. The summed E-state index contributed by atoms with van der Waals surface area (Å²) in [6.07, 6.45) is 1.20. The summed E-state index contributed by atoms with van der Waals surface area (Å²) < 4.78 is 26.1. The Morgan fingerprint density at radius 1 is 1.18 bits per heavy atom. The molecule has 0 aromatic heterocycles.